The molecule has 124 valence electrons. The third-order valence-electron chi connectivity index (χ3n) is 4.23. The Hall–Kier alpha value is -2.69. The lowest BCUT2D eigenvalue weighted by Crippen LogP contribution is -2.43. The molecule has 4 nitrogen and oxygen atoms in total. The van der Waals surface area contributed by atoms with Gasteiger partial charge in [0, 0.05) is 17.8 Å². The molecular weight excluding hydrogens is 307 g/mol. The quantitative estimate of drug-likeness (QED) is 0.940. The second-order valence-corrected chi connectivity index (χ2v) is 6.02. The van der Waals surface area contributed by atoms with E-state index in [2.05, 4.69) is 5.32 Å². The van der Waals surface area contributed by atoms with Crippen LogP contribution in [0.4, 0.5) is 10.1 Å². The Kier molecular flexibility index (Phi) is 4.60. The summed E-state index contributed by atoms with van der Waals surface area (Å²) in [6, 6.07) is 12.4. The lowest BCUT2D eigenvalue weighted by molar-refractivity contribution is -0.119. The average molecular weight is 326 g/mol. The second-order valence-electron chi connectivity index (χ2n) is 6.02. The van der Waals surface area contributed by atoms with Crippen LogP contribution in [0.1, 0.15) is 28.8 Å². The Morgan fingerprint density at radius 3 is 2.42 bits per heavy atom. The van der Waals surface area contributed by atoms with Gasteiger partial charge in [0.15, 0.2) is 0 Å². The minimum absolute atomic E-state index is 0.188. The van der Waals surface area contributed by atoms with Gasteiger partial charge in [-0.1, -0.05) is 17.7 Å². The van der Waals surface area contributed by atoms with E-state index >= 15 is 0 Å². The van der Waals surface area contributed by atoms with Gasteiger partial charge in [-0.25, -0.2) is 4.39 Å². The number of carbonyl (C=O) groups excluding carboxylic acids is 2. The van der Waals surface area contributed by atoms with Crippen LogP contribution in [0.25, 0.3) is 0 Å². The summed E-state index contributed by atoms with van der Waals surface area (Å²) in [6.07, 6.45) is 1.41. The Morgan fingerprint density at radius 2 is 1.75 bits per heavy atom. The van der Waals surface area contributed by atoms with Crippen molar-refractivity contribution in [3.8, 4) is 0 Å². The third-order valence-corrected chi connectivity index (χ3v) is 4.23. The predicted molar refractivity (Wildman–Crippen MR) is 90.3 cm³/mol. The van der Waals surface area contributed by atoms with Crippen molar-refractivity contribution in [1.29, 1.82) is 0 Å². The highest BCUT2D eigenvalue weighted by Crippen LogP contribution is 2.22. The van der Waals surface area contributed by atoms with E-state index in [-0.39, 0.29) is 17.6 Å². The molecule has 0 aliphatic carbocycles. The second kappa shape index (κ2) is 6.83. The number of hydrogen-bond acceptors (Lipinski definition) is 2. The van der Waals surface area contributed by atoms with Crippen molar-refractivity contribution in [1.82, 2.24) is 4.90 Å². The molecule has 0 aromatic heterocycles. The van der Waals surface area contributed by atoms with Crippen molar-refractivity contribution in [2.45, 2.75) is 25.8 Å². The van der Waals surface area contributed by atoms with E-state index in [0.717, 1.165) is 12.0 Å². The van der Waals surface area contributed by atoms with E-state index in [1.165, 1.54) is 24.3 Å². The number of hydrogen-bond donors (Lipinski definition) is 1. The molecule has 1 saturated heterocycles. The fourth-order valence-electron chi connectivity index (χ4n) is 2.90. The smallest absolute Gasteiger partial charge is 0.254 e. The van der Waals surface area contributed by atoms with Crippen molar-refractivity contribution in [3.05, 3.63) is 65.5 Å². The maximum atomic E-state index is 13.0. The molecule has 1 aliphatic rings. The lowest BCUT2D eigenvalue weighted by Gasteiger charge is -2.24. The molecule has 0 spiro atoms. The molecule has 24 heavy (non-hydrogen) atoms. The summed E-state index contributed by atoms with van der Waals surface area (Å²) in [5.74, 6) is -0.815. The molecule has 1 fully saturated rings. The van der Waals surface area contributed by atoms with Crippen LogP contribution in [0.3, 0.4) is 0 Å². The molecule has 1 N–H and O–H groups in total. The van der Waals surface area contributed by atoms with E-state index in [0.29, 0.717) is 24.2 Å². The maximum absolute atomic E-state index is 13.0. The summed E-state index contributed by atoms with van der Waals surface area (Å²) in [5, 5.41) is 2.86. The Labute approximate surface area is 140 Å². The van der Waals surface area contributed by atoms with Gasteiger partial charge >= 0.3 is 0 Å². The number of anilines is 1. The number of benzene rings is 2. The zero-order valence-electron chi connectivity index (χ0n) is 13.5. The number of aryl methyl sites for hydroxylation is 1. The van der Waals surface area contributed by atoms with Gasteiger partial charge in [0.05, 0.1) is 0 Å². The van der Waals surface area contributed by atoms with Crippen LogP contribution in [0.5, 0.6) is 0 Å². The van der Waals surface area contributed by atoms with Gasteiger partial charge in [0.1, 0.15) is 11.9 Å². The van der Waals surface area contributed by atoms with Gasteiger partial charge in [-0.15, -0.1) is 0 Å². The molecule has 2 aromatic carbocycles. The largest absolute Gasteiger partial charge is 0.327 e. The number of nitrogens with one attached hydrogen (secondary N) is 1. The van der Waals surface area contributed by atoms with Crippen molar-refractivity contribution in [3.63, 3.8) is 0 Å². The summed E-state index contributed by atoms with van der Waals surface area (Å²) in [4.78, 5) is 26.7. The third kappa shape index (κ3) is 3.45. The van der Waals surface area contributed by atoms with Crippen molar-refractivity contribution in [2.75, 3.05) is 11.9 Å². The lowest BCUT2D eigenvalue weighted by atomic mass is 10.1. The van der Waals surface area contributed by atoms with Crippen LogP contribution >= 0.6 is 0 Å². The van der Waals surface area contributed by atoms with Gasteiger partial charge < -0.3 is 10.2 Å². The Bertz CT molecular complexity index is 741. The monoisotopic (exact) mass is 326 g/mol. The molecule has 1 aliphatic heterocycles. The number of rotatable bonds is 3. The van der Waals surface area contributed by atoms with Crippen LogP contribution in [0.2, 0.25) is 0 Å². The predicted octanol–water partition coefficient (Wildman–Crippen LogP) is 3.38. The van der Waals surface area contributed by atoms with Gasteiger partial charge in [-0.05, 0) is 56.2 Å². The molecule has 3 rings (SSSR count). The van der Waals surface area contributed by atoms with Crippen LogP contribution in [-0.4, -0.2) is 29.3 Å². The minimum Gasteiger partial charge on any atom is -0.327 e. The fraction of sp³-hybridized carbons (Fsp3) is 0.263. The molecule has 0 radical (unpaired) electrons. The molecule has 5 heteroatoms. The van der Waals surface area contributed by atoms with Crippen LogP contribution < -0.4 is 5.32 Å². The van der Waals surface area contributed by atoms with E-state index in [4.69, 9.17) is 0 Å². The molecule has 1 atom stereocenters. The molecule has 0 bridgehead atoms. The van der Waals surface area contributed by atoms with Crippen molar-refractivity contribution < 1.29 is 14.0 Å². The van der Waals surface area contributed by atoms with Crippen LogP contribution in [-0.2, 0) is 4.79 Å². The van der Waals surface area contributed by atoms with Gasteiger partial charge in [0.25, 0.3) is 5.91 Å². The van der Waals surface area contributed by atoms with Gasteiger partial charge in [-0.3, -0.25) is 9.59 Å². The molecular formula is C19H19FN2O2. The minimum atomic E-state index is -0.496. The topological polar surface area (TPSA) is 49.4 Å². The average Bonchev–Trinajstić information content (AvgIpc) is 3.07. The van der Waals surface area contributed by atoms with Crippen LogP contribution in [0, 0.1) is 12.7 Å². The first-order valence-electron chi connectivity index (χ1n) is 7.98. The highest BCUT2D eigenvalue weighted by molar-refractivity contribution is 6.01. The number of likely N-dealkylation sites (tertiary alicyclic amines) is 1. The molecule has 2 amide bonds. The van der Waals surface area contributed by atoms with Crippen LogP contribution in [0.15, 0.2) is 48.5 Å². The number of amides is 2. The fourth-order valence-corrected chi connectivity index (χ4v) is 2.90. The molecule has 1 heterocycles. The standard InChI is InChI=1S/C19H19FN2O2/c1-13-4-10-16(11-5-13)21-18(23)17-3-2-12-22(17)19(24)14-6-8-15(20)9-7-14/h4-11,17H,2-3,12H2,1H3,(H,21,23)/t17-/m0/s1. The first-order chi connectivity index (χ1) is 11.5. The zero-order chi connectivity index (χ0) is 17.1. The summed E-state index contributed by atoms with van der Waals surface area (Å²) < 4.78 is 13.0. The molecule has 0 saturated carbocycles. The van der Waals surface area contributed by atoms with Crippen molar-refractivity contribution in [2.24, 2.45) is 0 Å². The SMILES string of the molecule is Cc1ccc(NC(=O)[C@@H]2CCCN2C(=O)c2ccc(F)cc2)cc1. The maximum Gasteiger partial charge on any atom is 0.254 e. The Balaban J connectivity index is 1.72. The number of carbonyl (C=O) groups is 2. The zero-order valence-corrected chi connectivity index (χ0v) is 13.5. The normalized spacial score (nSPS) is 16.9. The molecule has 0 unspecified atom stereocenters. The van der Waals surface area contributed by atoms with E-state index in [1.54, 1.807) is 4.90 Å². The molecule has 2 aromatic rings. The van der Waals surface area contributed by atoms with Gasteiger partial charge in [0.2, 0.25) is 5.91 Å². The summed E-state index contributed by atoms with van der Waals surface area (Å²) in [6.45, 7) is 2.51. The highest BCUT2D eigenvalue weighted by Gasteiger charge is 2.34. The number of nitrogens with zero attached hydrogens (tertiary/aromatic N) is 1. The Morgan fingerprint density at radius 1 is 1.08 bits per heavy atom. The number of halogens is 1. The highest BCUT2D eigenvalue weighted by atomic mass is 19.1. The van der Waals surface area contributed by atoms with Gasteiger partial charge in [-0.2, -0.15) is 0 Å². The summed E-state index contributed by atoms with van der Waals surface area (Å²) in [7, 11) is 0. The first kappa shape index (κ1) is 16.2. The van der Waals surface area contributed by atoms with E-state index in [1.807, 2.05) is 31.2 Å². The first-order valence-corrected chi connectivity index (χ1v) is 7.98. The van der Waals surface area contributed by atoms with E-state index < -0.39 is 6.04 Å². The summed E-state index contributed by atoms with van der Waals surface area (Å²) >= 11 is 0. The summed E-state index contributed by atoms with van der Waals surface area (Å²) in [5.41, 5.74) is 2.22. The van der Waals surface area contributed by atoms with E-state index in [9.17, 15) is 14.0 Å². The van der Waals surface area contributed by atoms with Crippen molar-refractivity contribution >= 4 is 17.5 Å².